The summed E-state index contributed by atoms with van der Waals surface area (Å²) in [5, 5.41) is 0. The van der Waals surface area contributed by atoms with Crippen LogP contribution in [0.3, 0.4) is 0 Å². The molecule has 2 aliphatic rings. The van der Waals surface area contributed by atoms with Crippen molar-refractivity contribution in [2.45, 2.75) is 25.7 Å². The molecule has 0 nitrogen and oxygen atoms in total. The molecule has 62 valence electrons. The summed E-state index contributed by atoms with van der Waals surface area (Å²) >= 11 is 0. The van der Waals surface area contributed by atoms with Gasteiger partial charge in [-0.3, -0.25) is 0 Å². The highest BCUT2D eigenvalue weighted by Gasteiger charge is 2.06. The van der Waals surface area contributed by atoms with E-state index in [1.165, 1.54) is 30.4 Å². The van der Waals surface area contributed by atoms with Gasteiger partial charge in [-0.25, -0.2) is 0 Å². The van der Waals surface area contributed by atoms with Crippen LogP contribution in [0.4, 0.5) is 0 Å². The Bertz CT molecular complexity index is 274. The quantitative estimate of drug-likeness (QED) is 0.547. The highest BCUT2D eigenvalue weighted by Crippen LogP contribution is 2.25. The van der Waals surface area contributed by atoms with E-state index in [4.69, 9.17) is 0 Å². The van der Waals surface area contributed by atoms with Crippen molar-refractivity contribution in [1.29, 1.82) is 0 Å². The standard InChI is InChI=1S/C12H14/c1-2-4-8-11(7-3-1)12-9-5-6-10-12/h1,3,5-7,9H,2,4,8,10H2. The summed E-state index contributed by atoms with van der Waals surface area (Å²) in [6.07, 6.45) is 18.3. The molecule has 0 heteroatoms. The van der Waals surface area contributed by atoms with Gasteiger partial charge in [0.05, 0.1) is 0 Å². The Hall–Kier alpha value is -1.04. The normalized spacial score (nSPS) is 22.0. The van der Waals surface area contributed by atoms with E-state index in [9.17, 15) is 0 Å². The van der Waals surface area contributed by atoms with Gasteiger partial charge in [0, 0.05) is 0 Å². The molecular weight excluding hydrogens is 144 g/mol. The molecule has 0 aromatic carbocycles. The Balaban J connectivity index is 2.12. The third-order valence-corrected chi connectivity index (χ3v) is 2.43. The van der Waals surface area contributed by atoms with E-state index < -0.39 is 0 Å². The molecule has 0 saturated heterocycles. The fourth-order valence-corrected chi connectivity index (χ4v) is 1.73. The fraction of sp³-hybridized carbons (Fsp3) is 0.333. The first-order chi connectivity index (χ1) is 5.97. The highest BCUT2D eigenvalue weighted by atomic mass is 14.1. The first kappa shape index (κ1) is 7.60. The Morgan fingerprint density at radius 1 is 0.917 bits per heavy atom. The first-order valence-electron chi connectivity index (χ1n) is 4.68. The molecule has 0 aromatic heterocycles. The lowest BCUT2D eigenvalue weighted by atomic mass is 10.0. The van der Waals surface area contributed by atoms with Gasteiger partial charge in [0.15, 0.2) is 0 Å². The molecule has 0 saturated carbocycles. The van der Waals surface area contributed by atoms with Gasteiger partial charge < -0.3 is 0 Å². The van der Waals surface area contributed by atoms with Gasteiger partial charge in [-0.15, -0.1) is 0 Å². The Morgan fingerprint density at radius 3 is 2.58 bits per heavy atom. The van der Waals surface area contributed by atoms with Gasteiger partial charge in [-0.05, 0) is 36.8 Å². The van der Waals surface area contributed by atoms with E-state index in [1.807, 2.05) is 0 Å². The first-order valence-corrected chi connectivity index (χ1v) is 4.68. The zero-order valence-electron chi connectivity index (χ0n) is 7.29. The van der Waals surface area contributed by atoms with Crippen LogP contribution in [-0.4, -0.2) is 0 Å². The average Bonchev–Trinajstić information content (AvgIpc) is 2.48. The molecule has 0 N–H and O–H groups in total. The molecule has 12 heavy (non-hydrogen) atoms. The lowest BCUT2D eigenvalue weighted by Crippen LogP contribution is -1.85. The van der Waals surface area contributed by atoms with Crippen molar-refractivity contribution >= 4 is 0 Å². The highest BCUT2D eigenvalue weighted by molar-refractivity contribution is 5.41. The summed E-state index contributed by atoms with van der Waals surface area (Å²) in [6.45, 7) is 0. The molecule has 0 atom stereocenters. The van der Waals surface area contributed by atoms with E-state index in [1.54, 1.807) is 0 Å². The van der Waals surface area contributed by atoms with E-state index in [-0.39, 0.29) is 0 Å². The van der Waals surface area contributed by atoms with Crippen LogP contribution in [0, 0.1) is 0 Å². The van der Waals surface area contributed by atoms with Crippen molar-refractivity contribution in [2.24, 2.45) is 0 Å². The molecule has 2 rings (SSSR count). The van der Waals surface area contributed by atoms with E-state index in [2.05, 4.69) is 36.5 Å². The zero-order valence-corrected chi connectivity index (χ0v) is 7.29. The second-order valence-electron chi connectivity index (χ2n) is 3.34. The van der Waals surface area contributed by atoms with Gasteiger partial charge in [0.2, 0.25) is 0 Å². The van der Waals surface area contributed by atoms with Crippen LogP contribution < -0.4 is 0 Å². The average molecular weight is 158 g/mol. The summed E-state index contributed by atoms with van der Waals surface area (Å²) < 4.78 is 0. The minimum atomic E-state index is 1.14. The predicted molar refractivity (Wildman–Crippen MR) is 52.9 cm³/mol. The van der Waals surface area contributed by atoms with Crippen LogP contribution >= 0.6 is 0 Å². The molecule has 0 fully saturated rings. The molecule has 0 aliphatic heterocycles. The van der Waals surface area contributed by atoms with Crippen LogP contribution in [0.15, 0.2) is 47.6 Å². The van der Waals surface area contributed by atoms with Gasteiger partial charge in [-0.1, -0.05) is 36.5 Å². The number of hydrogen-bond donors (Lipinski definition) is 0. The largest absolute Gasteiger partial charge is 0.0845 e. The van der Waals surface area contributed by atoms with Crippen molar-refractivity contribution in [3.8, 4) is 0 Å². The topological polar surface area (TPSA) is 0 Å². The lowest BCUT2D eigenvalue weighted by molar-refractivity contribution is 0.842. The zero-order chi connectivity index (χ0) is 8.23. The van der Waals surface area contributed by atoms with Gasteiger partial charge in [0.25, 0.3) is 0 Å². The number of rotatable bonds is 1. The molecule has 0 spiro atoms. The summed E-state index contributed by atoms with van der Waals surface area (Å²) in [5.74, 6) is 0. The van der Waals surface area contributed by atoms with E-state index >= 15 is 0 Å². The second kappa shape index (κ2) is 3.57. The van der Waals surface area contributed by atoms with Crippen molar-refractivity contribution in [1.82, 2.24) is 0 Å². The summed E-state index contributed by atoms with van der Waals surface area (Å²) in [6, 6.07) is 0. The summed E-state index contributed by atoms with van der Waals surface area (Å²) in [5.41, 5.74) is 3.05. The molecule has 0 heterocycles. The maximum absolute atomic E-state index is 2.27. The van der Waals surface area contributed by atoms with Gasteiger partial charge in [0.1, 0.15) is 0 Å². The Morgan fingerprint density at radius 2 is 1.75 bits per heavy atom. The van der Waals surface area contributed by atoms with E-state index in [0.717, 1.165) is 6.42 Å². The maximum atomic E-state index is 2.27. The minimum absolute atomic E-state index is 1.14. The lowest BCUT2D eigenvalue weighted by Gasteiger charge is -2.05. The SMILES string of the molecule is C1=CCCCC(C2=CC=CC2)=C1. The Labute approximate surface area is 74.0 Å². The van der Waals surface area contributed by atoms with Crippen LogP contribution in [0.25, 0.3) is 0 Å². The van der Waals surface area contributed by atoms with Crippen LogP contribution in [0.1, 0.15) is 25.7 Å². The Kier molecular flexibility index (Phi) is 2.26. The molecule has 0 aromatic rings. The molecule has 0 bridgehead atoms. The molecular formula is C12H14. The van der Waals surface area contributed by atoms with Gasteiger partial charge >= 0.3 is 0 Å². The molecule has 2 aliphatic carbocycles. The molecule has 0 amide bonds. The van der Waals surface area contributed by atoms with Gasteiger partial charge in [-0.2, -0.15) is 0 Å². The minimum Gasteiger partial charge on any atom is -0.0845 e. The third kappa shape index (κ3) is 1.58. The monoisotopic (exact) mass is 158 g/mol. The van der Waals surface area contributed by atoms with Crippen LogP contribution in [0.2, 0.25) is 0 Å². The maximum Gasteiger partial charge on any atom is -0.00916 e. The summed E-state index contributed by atoms with van der Waals surface area (Å²) in [7, 11) is 0. The predicted octanol–water partition coefficient (Wildman–Crippen LogP) is 3.54. The smallest absolute Gasteiger partial charge is 0.00916 e. The fourth-order valence-electron chi connectivity index (χ4n) is 1.73. The third-order valence-electron chi connectivity index (χ3n) is 2.43. The number of allylic oxidation sites excluding steroid dienone is 8. The second-order valence-corrected chi connectivity index (χ2v) is 3.34. The number of hydrogen-bond acceptors (Lipinski definition) is 0. The van der Waals surface area contributed by atoms with Crippen molar-refractivity contribution < 1.29 is 0 Å². The molecule has 0 unspecified atom stereocenters. The molecule has 0 radical (unpaired) electrons. The van der Waals surface area contributed by atoms with Crippen LogP contribution in [0.5, 0.6) is 0 Å². The van der Waals surface area contributed by atoms with Crippen molar-refractivity contribution in [3.05, 3.63) is 47.6 Å². The summed E-state index contributed by atoms with van der Waals surface area (Å²) in [4.78, 5) is 0. The van der Waals surface area contributed by atoms with Crippen molar-refractivity contribution in [2.75, 3.05) is 0 Å². The van der Waals surface area contributed by atoms with Crippen LogP contribution in [-0.2, 0) is 0 Å². The van der Waals surface area contributed by atoms with E-state index in [0.29, 0.717) is 0 Å². The van der Waals surface area contributed by atoms with Crippen molar-refractivity contribution in [3.63, 3.8) is 0 Å².